The Labute approximate surface area is 137 Å². The van der Waals surface area contributed by atoms with Crippen LogP contribution in [0.2, 0.25) is 0 Å². The summed E-state index contributed by atoms with van der Waals surface area (Å²) in [6.45, 7) is 2.80. The molecule has 0 aromatic heterocycles. The maximum atomic E-state index is 12.1. The second-order valence-corrected chi connectivity index (χ2v) is 5.82. The third kappa shape index (κ3) is 4.47. The van der Waals surface area contributed by atoms with E-state index in [-0.39, 0.29) is 15.6 Å². The number of halogens is 4. The highest BCUT2D eigenvalue weighted by molar-refractivity contribution is 9.10. The van der Waals surface area contributed by atoms with Gasteiger partial charge in [-0.1, -0.05) is 22.0 Å². The van der Waals surface area contributed by atoms with Gasteiger partial charge in [0.2, 0.25) is 0 Å². The predicted molar refractivity (Wildman–Crippen MR) is 75.1 cm³/mol. The number of hydrogen-bond acceptors (Lipinski definition) is 5. The van der Waals surface area contributed by atoms with Crippen LogP contribution in [0.25, 0.3) is 6.08 Å². The minimum absolute atomic E-state index is 0.192. The predicted octanol–water partition coefficient (Wildman–Crippen LogP) is 3.57. The Hall–Kier alpha value is -2.03. The van der Waals surface area contributed by atoms with Crippen LogP contribution in [0.15, 0.2) is 28.2 Å². The second-order valence-electron chi connectivity index (χ2n) is 4.97. The van der Waals surface area contributed by atoms with Crippen LogP contribution in [0.4, 0.5) is 13.2 Å². The Bertz CT molecular complexity index is 672. The molecule has 0 bridgehead atoms. The minimum atomic E-state index is -4.82. The summed E-state index contributed by atoms with van der Waals surface area (Å²) < 4.78 is 50.2. The smallest absolute Gasteiger partial charge is 0.419 e. The average molecular weight is 395 g/mol. The third-order valence-corrected chi connectivity index (χ3v) is 3.31. The van der Waals surface area contributed by atoms with Crippen LogP contribution >= 0.6 is 15.9 Å². The van der Waals surface area contributed by atoms with Crippen molar-refractivity contribution in [2.75, 3.05) is 0 Å². The lowest BCUT2D eigenvalue weighted by Crippen LogP contribution is -2.41. The number of benzene rings is 1. The summed E-state index contributed by atoms with van der Waals surface area (Å²) >= 11 is 3.05. The highest BCUT2D eigenvalue weighted by Crippen LogP contribution is 2.30. The lowest BCUT2D eigenvalue weighted by atomic mass is 10.1. The van der Waals surface area contributed by atoms with Crippen molar-refractivity contribution in [1.29, 1.82) is 0 Å². The highest BCUT2D eigenvalue weighted by atomic mass is 79.9. The van der Waals surface area contributed by atoms with Gasteiger partial charge in [-0.05, 0) is 23.8 Å². The van der Waals surface area contributed by atoms with E-state index in [1.54, 1.807) is 0 Å². The van der Waals surface area contributed by atoms with Crippen molar-refractivity contribution in [3.8, 4) is 5.75 Å². The molecule has 0 atom stereocenters. The van der Waals surface area contributed by atoms with Crippen molar-refractivity contribution in [1.82, 2.24) is 0 Å². The monoisotopic (exact) mass is 394 g/mol. The number of hydrogen-bond donors (Lipinski definition) is 0. The molecule has 2 rings (SSSR count). The van der Waals surface area contributed by atoms with Crippen LogP contribution in [0.3, 0.4) is 0 Å². The molecule has 0 amide bonds. The fraction of sp³-hybridized carbons (Fsp3) is 0.286. The van der Waals surface area contributed by atoms with Crippen LogP contribution in [0.5, 0.6) is 5.75 Å². The molecule has 0 saturated carbocycles. The quantitative estimate of drug-likeness (QED) is 0.436. The van der Waals surface area contributed by atoms with E-state index in [9.17, 15) is 22.8 Å². The highest BCUT2D eigenvalue weighted by Gasteiger charge is 2.39. The zero-order chi connectivity index (χ0) is 17.4. The molecule has 0 spiro atoms. The molecular weight excluding hydrogens is 385 g/mol. The van der Waals surface area contributed by atoms with E-state index < -0.39 is 29.8 Å². The molecule has 1 aliphatic rings. The third-order valence-electron chi connectivity index (χ3n) is 2.62. The number of ether oxygens (including phenoxy) is 3. The van der Waals surface area contributed by atoms with Crippen LogP contribution in [-0.4, -0.2) is 24.1 Å². The van der Waals surface area contributed by atoms with Gasteiger partial charge in [-0.15, -0.1) is 13.2 Å². The van der Waals surface area contributed by atoms with Crippen LogP contribution in [0, 0.1) is 0 Å². The Balaban J connectivity index is 2.29. The van der Waals surface area contributed by atoms with Gasteiger partial charge in [-0.3, -0.25) is 0 Å². The Kier molecular flexibility index (Phi) is 4.43. The molecule has 1 fully saturated rings. The molecule has 0 aliphatic carbocycles. The molecule has 0 radical (unpaired) electrons. The van der Waals surface area contributed by atoms with Crippen LogP contribution < -0.4 is 4.74 Å². The van der Waals surface area contributed by atoms with Crippen LogP contribution in [-0.2, 0) is 19.1 Å². The van der Waals surface area contributed by atoms with Gasteiger partial charge in [0, 0.05) is 18.3 Å². The summed E-state index contributed by atoms with van der Waals surface area (Å²) in [7, 11) is 0. The molecule has 1 aromatic rings. The van der Waals surface area contributed by atoms with Gasteiger partial charge in [0.05, 0.1) is 0 Å². The summed E-state index contributed by atoms with van der Waals surface area (Å²) in [5.41, 5.74) is -0.0855. The maximum Gasteiger partial charge on any atom is 0.573 e. The van der Waals surface area contributed by atoms with Gasteiger partial charge in [-0.25, -0.2) is 9.59 Å². The van der Waals surface area contributed by atoms with E-state index in [0.717, 1.165) is 18.2 Å². The van der Waals surface area contributed by atoms with Crippen molar-refractivity contribution < 1.29 is 37.0 Å². The maximum absolute atomic E-state index is 12.1. The largest absolute Gasteiger partial charge is 0.573 e. The summed E-state index contributed by atoms with van der Waals surface area (Å²) in [5.74, 6) is -3.57. The molecule has 1 saturated heterocycles. The molecule has 1 aliphatic heterocycles. The standard InChI is InChI=1S/C14H10BrF3O5/c1-13(2)22-11(19)9(12(20)23-13)5-7-3-4-8(6-10(7)15)21-14(16,17)18/h3-6H,1-2H3. The minimum Gasteiger partial charge on any atom is -0.419 e. The zero-order valence-electron chi connectivity index (χ0n) is 11.9. The summed E-state index contributed by atoms with van der Waals surface area (Å²) in [5, 5.41) is 0. The molecule has 23 heavy (non-hydrogen) atoms. The van der Waals surface area contributed by atoms with Crippen molar-refractivity contribution in [2.45, 2.75) is 26.0 Å². The first-order valence-electron chi connectivity index (χ1n) is 6.20. The fourth-order valence-corrected chi connectivity index (χ4v) is 2.23. The summed E-state index contributed by atoms with van der Waals surface area (Å²) in [6.07, 6.45) is -3.66. The van der Waals surface area contributed by atoms with E-state index in [1.165, 1.54) is 19.9 Å². The normalized spacial score (nSPS) is 17.4. The zero-order valence-corrected chi connectivity index (χ0v) is 13.4. The Morgan fingerprint density at radius 3 is 2.22 bits per heavy atom. The van der Waals surface area contributed by atoms with E-state index in [4.69, 9.17) is 9.47 Å². The molecule has 1 aromatic carbocycles. The Morgan fingerprint density at radius 1 is 1.17 bits per heavy atom. The SMILES string of the molecule is CC1(C)OC(=O)C(=Cc2ccc(OC(F)(F)F)cc2Br)C(=O)O1. The molecule has 5 nitrogen and oxygen atoms in total. The van der Waals surface area contributed by atoms with E-state index in [1.807, 2.05) is 0 Å². The lowest BCUT2D eigenvalue weighted by Gasteiger charge is -2.29. The van der Waals surface area contributed by atoms with Gasteiger partial charge >= 0.3 is 18.3 Å². The number of alkyl halides is 3. The first kappa shape index (κ1) is 17.3. The molecule has 1 heterocycles. The Morgan fingerprint density at radius 2 is 1.74 bits per heavy atom. The molecule has 124 valence electrons. The first-order valence-corrected chi connectivity index (χ1v) is 7.00. The topological polar surface area (TPSA) is 61.8 Å². The van der Waals surface area contributed by atoms with Gasteiger partial charge in [0.15, 0.2) is 0 Å². The van der Waals surface area contributed by atoms with Gasteiger partial charge in [0.1, 0.15) is 11.3 Å². The number of rotatable bonds is 2. The van der Waals surface area contributed by atoms with Crippen molar-refractivity contribution in [3.05, 3.63) is 33.8 Å². The lowest BCUT2D eigenvalue weighted by molar-refractivity contribution is -0.274. The number of carbonyl (C=O) groups is 2. The second kappa shape index (κ2) is 5.88. The summed E-state index contributed by atoms with van der Waals surface area (Å²) in [6, 6.07) is 3.36. The molecule has 0 N–H and O–H groups in total. The van der Waals surface area contributed by atoms with E-state index in [0.29, 0.717) is 0 Å². The van der Waals surface area contributed by atoms with Gasteiger partial charge < -0.3 is 14.2 Å². The molecule has 0 unspecified atom stereocenters. The molecular formula is C14H10BrF3O5. The van der Waals surface area contributed by atoms with Crippen molar-refractivity contribution in [2.24, 2.45) is 0 Å². The molecule has 9 heteroatoms. The number of carbonyl (C=O) groups excluding carboxylic acids is 2. The van der Waals surface area contributed by atoms with E-state index >= 15 is 0 Å². The van der Waals surface area contributed by atoms with Crippen LogP contribution in [0.1, 0.15) is 19.4 Å². The average Bonchev–Trinajstić information content (AvgIpc) is 2.32. The number of esters is 2. The first-order chi connectivity index (χ1) is 10.5. The number of cyclic esters (lactones) is 2. The van der Waals surface area contributed by atoms with Gasteiger partial charge in [0.25, 0.3) is 5.79 Å². The fourth-order valence-electron chi connectivity index (χ4n) is 1.76. The van der Waals surface area contributed by atoms with Crippen molar-refractivity contribution in [3.63, 3.8) is 0 Å². The summed E-state index contributed by atoms with van der Waals surface area (Å²) in [4.78, 5) is 23.6. The van der Waals surface area contributed by atoms with Gasteiger partial charge in [-0.2, -0.15) is 0 Å². The van der Waals surface area contributed by atoms with Crippen molar-refractivity contribution >= 4 is 33.9 Å². The van der Waals surface area contributed by atoms with E-state index in [2.05, 4.69) is 20.7 Å².